The van der Waals surface area contributed by atoms with Gasteiger partial charge in [-0.15, -0.1) is 0 Å². The molecule has 110 valence electrons. The summed E-state index contributed by atoms with van der Waals surface area (Å²) in [6.07, 6.45) is 5.11. The SMILES string of the molecule is O=C(O)c1ccc2[nH]c(=O)n(CC(C3CC3)C3CC3)c2c1. The normalized spacial score (nSPS) is 18.5. The third-order valence-corrected chi connectivity index (χ3v) is 4.87. The van der Waals surface area contributed by atoms with E-state index in [1.165, 1.54) is 31.7 Å². The van der Waals surface area contributed by atoms with E-state index in [1.54, 1.807) is 16.7 Å². The van der Waals surface area contributed by atoms with Crippen molar-refractivity contribution >= 4 is 17.0 Å². The summed E-state index contributed by atoms with van der Waals surface area (Å²) in [5.74, 6) is 1.14. The summed E-state index contributed by atoms with van der Waals surface area (Å²) in [5.41, 5.74) is 1.53. The Labute approximate surface area is 121 Å². The molecule has 0 aliphatic heterocycles. The van der Waals surface area contributed by atoms with E-state index in [9.17, 15) is 9.59 Å². The first-order valence-electron chi connectivity index (χ1n) is 7.59. The lowest BCUT2D eigenvalue weighted by Gasteiger charge is -2.16. The number of imidazole rings is 1. The highest BCUT2D eigenvalue weighted by Crippen LogP contribution is 2.49. The fraction of sp³-hybridized carbons (Fsp3) is 0.500. The highest BCUT2D eigenvalue weighted by molar-refractivity contribution is 5.92. The molecule has 2 saturated carbocycles. The second-order valence-electron chi connectivity index (χ2n) is 6.42. The maximum atomic E-state index is 12.2. The van der Waals surface area contributed by atoms with E-state index < -0.39 is 5.97 Å². The van der Waals surface area contributed by atoms with Gasteiger partial charge in [0.2, 0.25) is 0 Å². The molecule has 1 aromatic heterocycles. The largest absolute Gasteiger partial charge is 0.478 e. The highest BCUT2D eigenvalue weighted by atomic mass is 16.4. The van der Waals surface area contributed by atoms with Gasteiger partial charge in [0.05, 0.1) is 16.6 Å². The minimum Gasteiger partial charge on any atom is -0.478 e. The van der Waals surface area contributed by atoms with Gasteiger partial charge in [0.15, 0.2) is 0 Å². The molecule has 2 N–H and O–H groups in total. The maximum absolute atomic E-state index is 12.2. The summed E-state index contributed by atoms with van der Waals surface area (Å²) >= 11 is 0. The molecule has 0 spiro atoms. The quantitative estimate of drug-likeness (QED) is 0.886. The summed E-state index contributed by atoms with van der Waals surface area (Å²) in [6.45, 7) is 0.719. The molecule has 4 rings (SSSR count). The number of H-pyrrole nitrogens is 1. The van der Waals surface area contributed by atoms with Crippen LogP contribution in [0.5, 0.6) is 0 Å². The smallest absolute Gasteiger partial charge is 0.335 e. The monoisotopic (exact) mass is 286 g/mol. The molecular formula is C16H18N2O3. The van der Waals surface area contributed by atoms with Gasteiger partial charge in [-0.25, -0.2) is 9.59 Å². The average Bonchev–Trinajstić information content (AvgIpc) is 3.34. The van der Waals surface area contributed by atoms with Gasteiger partial charge in [-0.05, 0) is 61.6 Å². The third-order valence-electron chi connectivity index (χ3n) is 4.87. The van der Waals surface area contributed by atoms with E-state index in [-0.39, 0.29) is 11.3 Å². The fourth-order valence-electron chi connectivity index (χ4n) is 3.41. The fourth-order valence-corrected chi connectivity index (χ4v) is 3.41. The van der Waals surface area contributed by atoms with Gasteiger partial charge in [-0.2, -0.15) is 0 Å². The molecule has 2 aromatic rings. The molecule has 0 unspecified atom stereocenters. The van der Waals surface area contributed by atoms with Crippen LogP contribution in [0.4, 0.5) is 0 Å². The summed E-state index contributed by atoms with van der Waals surface area (Å²) < 4.78 is 1.74. The van der Waals surface area contributed by atoms with E-state index in [4.69, 9.17) is 5.11 Å². The molecule has 0 saturated heterocycles. The Morgan fingerprint density at radius 3 is 2.52 bits per heavy atom. The summed E-state index contributed by atoms with van der Waals surface area (Å²) in [5, 5.41) is 9.12. The van der Waals surface area contributed by atoms with Gasteiger partial charge >= 0.3 is 11.7 Å². The second-order valence-corrected chi connectivity index (χ2v) is 6.42. The van der Waals surface area contributed by atoms with Crippen molar-refractivity contribution in [1.29, 1.82) is 0 Å². The number of nitrogens with zero attached hydrogens (tertiary/aromatic N) is 1. The number of aromatic carboxylic acids is 1. The van der Waals surface area contributed by atoms with Gasteiger partial charge < -0.3 is 10.1 Å². The van der Waals surface area contributed by atoms with Crippen molar-refractivity contribution in [1.82, 2.24) is 9.55 Å². The summed E-state index contributed by atoms with van der Waals surface area (Å²) in [6, 6.07) is 4.82. The van der Waals surface area contributed by atoms with Crippen LogP contribution in [0.15, 0.2) is 23.0 Å². The topological polar surface area (TPSA) is 75.1 Å². The van der Waals surface area contributed by atoms with Crippen LogP contribution in [0.2, 0.25) is 0 Å². The third kappa shape index (κ3) is 2.26. The van der Waals surface area contributed by atoms with Crippen LogP contribution in [0, 0.1) is 17.8 Å². The van der Waals surface area contributed by atoms with Crippen molar-refractivity contribution in [2.45, 2.75) is 32.2 Å². The lowest BCUT2D eigenvalue weighted by molar-refractivity contribution is 0.0697. The Hall–Kier alpha value is -2.04. The van der Waals surface area contributed by atoms with Crippen molar-refractivity contribution in [2.24, 2.45) is 17.8 Å². The Kier molecular flexibility index (Phi) is 2.71. The number of hydrogen-bond acceptors (Lipinski definition) is 2. The summed E-state index contributed by atoms with van der Waals surface area (Å²) in [4.78, 5) is 26.2. The molecule has 0 amide bonds. The summed E-state index contributed by atoms with van der Waals surface area (Å²) in [7, 11) is 0. The second kappa shape index (κ2) is 4.48. The number of hydrogen-bond donors (Lipinski definition) is 2. The molecule has 5 heteroatoms. The average molecular weight is 286 g/mol. The van der Waals surface area contributed by atoms with Crippen molar-refractivity contribution in [3.8, 4) is 0 Å². The van der Waals surface area contributed by atoms with E-state index in [0.29, 0.717) is 11.4 Å². The molecule has 1 aromatic carbocycles. The maximum Gasteiger partial charge on any atom is 0.335 e. The van der Waals surface area contributed by atoms with Crippen molar-refractivity contribution in [2.75, 3.05) is 0 Å². The Balaban J connectivity index is 1.75. The number of fused-ring (bicyclic) bond motifs is 1. The lowest BCUT2D eigenvalue weighted by Crippen LogP contribution is -2.23. The first kappa shape index (κ1) is 12.7. The minimum absolute atomic E-state index is 0.126. The zero-order chi connectivity index (χ0) is 14.6. The van der Waals surface area contributed by atoms with Crippen molar-refractivity contribution in [3.63, 3.8) is 0 Å². The van der Waals surface area contributed by atoms with E-state index in [2.05, 4.69) is 4.98 Å². The molecule has 1 heterocycles. The first-order valence-corrected chi connectivity index (χ1v) is 7.59. The Morgan fingerprint density at radius 1 is 1.29 bits per heavy atom. The zero-order valence-electron chi connectivity index (χ0n) is 11.7. The zero-order valence-corrected chi connectivity index (χ0v) is 11.7. The van der Waals surface area contributed by atoms with Crippen LogP contribution in [-0.4, -0.2) is 20.6 Å². The number of aromatic nitrogens is 2. The highest BCUT2D eigenvalue weighted by Gasteiger charge is 2.41. The van der Waals surface area contributed by atoms with E-state index in [1.807, 2.05) is 0 Å². The number of carbonyl (C=O) groups is 1. The standard InChI is InChI=1S/C16H18N2O3/c19-15(20)11-5-6-13-14(7-11)18(16(21)17-13)8-12(9-1-2-9)10-3-4-10/h5-7,9-10,12H,1-4,8H2,(H,17,21)(H,19,20). The van der Waals surface area contributed by atoms with Crippen LogP contribution in [0.25, 0.3) is 11.0 Å². The van der Waals surface area contributed by atoms with Crippen LogP contribution >= 0.6 is 0 Å². The number of benzene rings is 1. The Morgan fingerprint density at radius 2 is 1.95 bits per heavy atom. The van der Waals surface area contributed by atoms with Crippen LogP contribution in [0.3, 0.4) is 0 Å². The number of nitrogens with one attached hydrogen (secondary N) is 1. The molecule has 0 radical (unpaired) electrons. The van der Waals surface area contributed by atoms with E-state index in [0.717, 1.165) is 23.9 Å². The molecule has 21 heavy (non-hydrogen) atoms. The van der Waals surface area contributed by atoms with Gasteiger partial charge in [0.25, 0.3) is 0 Å². The van der Waals surface area contributed by atoms with Crippen molar-refractivity contribution < 1.29 is 9.90 Å². The van der Waals surface area contributed by atoms with Gasteiger partial charge in [-0.3, -0.25) is 4.57 Å². The predicted octanol–water partition coefficient (Wildman–Crippen LogP) is 2.46. The number of carboxylic acids is 1. The Bertz CT molecular complexity index is 753. The molecular weight excluding hydrogens is 268 g/mol. The van der Waals surface area contributed by atoms with E-state index >= 15 is 0 Å². The molecule has 0 atom stereocenters. The molecule has 5 nitrogen and oxygen atoms in total. The van der Waals surface area contributed by atoms with Crippen LogP contribution in [-0.2, 0) is 6.54 Å². The predicted molar refractivity (Wildman–Crippen MR) is 78.5 cm³/mol. The number of rotatable bonds is 5. The first-order chi connectivity index (χ1) is 10.1. The van der Waals surface area contributed by atoms with Crippen LogP contribution < -0.4 is 5.69 Å². The molecule has 2 fully saturated rings. The van der Waals surface area contributed by atoms with Crippen LogP contribution in [0.1, 0.15) is 36.0 Å². The van der Waals surface area contributed by atoms with Gasteiger partial charge in [-0.1, -0.05) is 0 Å². The number of aromatic amines is 1. The van der Waals surface area contributed by atoms with Gasteiger partial charge in [0.1, 0.15) is 0 Å². The number of carboxylic acid groups (broad SMARTS) is 1. The minimum atomic E-state index is -0.960. The molecule has 2 aliphatic rings. The lowest BCUT2D eigenvalue weighted by atomic mass is 9.98. The molecule has 2 aliphatic carbocycles. The molecule has 0 bridgehead atoms. The van der Waals surface area contributed by atoms with Gasteiger partial charge in [0, 0.05) is 6.54 Å². The van der Waals surface area contributed by atoms with Crippen molar-refractivity contribution in [3.05, 3.63) is 34.2 Å².